The number of rotatable bonds is 3. The summed E-state index contributed by atoms with van der Waals surface area (Å²) in [5.74, 6) is 1.72. The van der Waals surface area contributed by atoms with Gasteiger partial charge in [0.1, 0.15) is 0 Å². The Hall–Kier alpha value is -0.230. The number of halogens is 2. The normalized spacial score (nSPS) is 13.9. The maximum Gasteiger partial charge on any atom is 0.188 e. The van der Waals surface area contributed by atoms with Crippen LogP contribution >= 0.6 is 30.1 Å². The monoisotopic (exact) mass is 234 g/mol. The Morgan fingerprint density at radius 3 is 2.54 bits per heavy atom. The molecule has 13 heavy (non-hydrogen) atoms. The molecule has 1 nitrogen and oxygen atoms in total. The van der Waals surface area contributed by atoms with Crippen LogP contribution in [0.5, 0.6) is 0 Å². The van der Waals surface area contributed by atoms with Crippen LogP contribution in [0.4, 0.5) is 0 Å². The van der Waals surface area contributed by atoms with Gasteiger partial charge < -0.3 is 4.74 Å². The molecule has 1 unspecified atom stereocenters. The number of hydrogen-bond acceptors (Lipinski definition) is 1. The van der Waals surface area contributed by atoms with E-state index >= 15 is 0 Å². The lowest BCUT2D eigenvalue weighted by Gasteiger charge is -2.04. The van der Waals surface area contributed by atoms with E-state index in [0.29, 0.717) is 5.22 Å². The van der Waals surface area contributed by atoms with Crippen LogP contribution in [0.1, 0.15) is 0 Å². The topological polar surface area (TPSA) is 9.23 Å². The van der Waals surface area contributed by atoms with Crippen LogP contribution in [0, 0.1) is 0 Å². The molecule has 0 spiro atoms. The smallest absolute Gasteiger partial charge is 0.188 e. The molecule has 0 aliphatic carbocycles. The van der Waals surface area contributed by atoms with Gasteiger partial charge in [0.15, 0.2) is 5.22 Å². The quantitative estimate of drug-likeness (QED) is 0.574. The van der Waals surface area contributed by atoms with Crippen molar-refractivity contribution in [3.8, 4) is 0 Å². The standard InChI is InChI=1S/C9H9Cl2OP/c1-12-9(10)7-13(11)8-5-3-2-4-6-8/h2-7H,1H3/b9-7-. The fourth-order valence-corrected chi connectivity index (χ4v) is 2.72. The van der Waals surface area contributed by atoms with E-state index in [0.717, 1.165) is 5.30 Å². The van der Waals surface area contributed by atoms with Gasteiger partial charge in [0.05, 0.1) is 7.11 Å². The molecule has 1 atom stereocenters. The van der Waals surface area contributed by atoms with E-state index in [-0.39, 0.29) is 0 Å². The molecule has 0 bridgehead atoms. The molecule has 1 aromatic carbocycles. The zero-order valence-corrected chi connectivity index (χ0v) is 9.48. The number of methoxy groups -OCH3 is 1. The third kappa shape index (κ3) is 3.56. The first-order valence-electron chi connectivity index (χ1n) is 3.65. The highest BCUT2D eigenvalue weighted by atomic mass is 35.7. The van der Waals surface area contributed by atoms with Crippen LogP contribution in [-0.4, -0.2) is 7.11 Å². The zero-order chi connectivity index (χ0) is 9.68. The van der Waals surface area contributed by atoms with Crippen molar-refractivity contribution >= 4 is 35.4 Å². The number of ether oxygens (including phenoxy) is 1. The van der Waals surface area contributed by atoms with E-state index in [2.05, 4.69) is 0 Å². The van der Waals surface area contributed by atoms with Crippen LogP contribution in [-0.2, 0) is 4.74 Å². The molecule has 0 heterocycles. The SMILES string of the molecule is CO/C(Cl)=C\P(Cl)c1ccccc1. The molecule has 0 radical (unpaired) electrons. The molecular formula is C9H9Cl2OP. The van der Waals surface area contributed by atoms with Crippen molar-refractivity contribution in [2.75, 3.05) is 7.11 Å². The second-order valence-electron chi connectivity index (χ2n) is 2.28. The Kier molecular flexibility index (Phi) is 4.58. The van der Waals surface area contributed by atoms with Gasteiger partial charge in [0.2, 0.25) is 0 Å². The van der Waals surface area contributed by atoms with Crippen molar-refractivity contribution < 1.29 is 4.74 Å². The highest BCUT2D eigenvalue weighted by Crippen LogP contribution is 2.43. The van der Waals surface area contributed by atoms with Gasteiger partial charge in [-0.15, -0.1) is 0 Å². The third-order valence-corrected chi connectivity index (χ3v) is 3.96. The minimum absolute atomic E-state index is 0.338. The van der Waals surface area contributed by atoms with Crippen LogP contribution in [0.15, 0.2) is 41.4 Å². The summed E-state index contributed by atoms with van der Waals surface area (Å²) in [6, 6.07) is 9.78. The van der Waals surface area contributed by atoms with E-state index in [4.69, 9.17) is 27.6 Å². The molecule has 0 fully saturated rings. The zero-order valence-electron chi connectivity index (χ0n) is 7.08. The van der Waals surface area contributed by atoms with E-state index in [1.165, 1.54) is 7.11 Å². The number of benzene rings is 1. The molecule has 4 heteroatoms. The molecule has 0 aliphatic rings. The van der Waals surface area contributed by atoms with Gasteiger partial charge in [-0.05, 0) is 16.9 Å². The lowest BCUT2D eigenvalue weighted by molar-refractivity contribution is 0.322. The van der Waals surface area contributed by atoms with Crippen LogP contribution in [0.25, 0.3) is 0 Å². The average molecular weight is 235 g/mol. The Bertz CT molecular complexity index is 287. The summed E-state index contributed by atoms with van der Waals surface area (Å²) in [6.45, 7) is 0. The number of hydrogen-bond donors (Lipinski definition) is 0. The fourth-order valence-electron chi connectivity index (χ4n) is 0.787. The fraction of sp³-hybridized carbons (Fsp3) is 0.111. The Balaban J connectivity index is 2.75. The van der Waals surface area contributed by atoms with Gasteiger partial charge in [-0.3, -0.25) is 0 Å². The predicted molar refractivity (Wildman–Crippen MR) is 59.8 cm³/mol. The summed E-state index contributed by atoms with van der Waals surface area (Å²) in [5, 5.41) is 1.40. The molecule has 0 N–H and O–H groups in total. The molecule has 0 saturated carbocycles. The van der Waals surface area contributed by atoms with Crippen molar-refractivity contribution in [3.63, 3.8) is 0 Å². The largest absolute Gasteiger partial charge is 0.486 e. The van der Waals surface area contributed by atoms with E-state index in [9.17, 15) is 0 Å². The van der Waals surface area contributed by atoms with Gasteiger partial charge >= 0.3 is 0 Å². The Morgan fingerprint density at radius 2 is 2.00 bits per heavy atom. The van der Waals surface area contributed by atoms with Crippen molar-refractivity contribution in [1.29, 1.82) is 0 Å². The summed E-state index contributed by atoms with van der Waals surface area (Å²) < 4.78 is 4.80. The summed E-state index contributed by atoms with van der Waals surface area (Å²) >= 11 is 11.8. The molecule has 0 aliphatic heterocycles. The van der Waals surface area contributed by atoms with Crippen LogP contribution in [0.3, 0.4) is 0 Å². The minimum atomic E-state index is -0.868. The molecule has 1 aromatic rings. The average Bonchev–Trinajstić information content (AvgIpc) is 2.19. The van der Waals surface area contributed by atoms with Crippen molar-refractivity contribution in [3.05, 3.63) is 41.4 Å². The molecule has 0 aromatic heterocycles. The summed E-state index contributed by atoms with van der Waals surface area (Å²) in [7, 11) is 0.650. The van der Waals surface area contributed by atoms with Gasteiger partial charge in [-0.25, -0.2) is 0 Å². The van der Waals surface area contributed by atoms with E-state index in [1.54, 1.807) is 5.82 Å². The predicted octanol–water partition coefficient (Wildman–Crippen LogP) is 3.63. The van der Waals surface area contributed by atoms with E-state index < -0.39 is 7.27 Å². The molecule has 1 rings (SSSR count). The molecule has 70 valence electrons. The van der Waals surface area contributed by atoms with Crippen molar-refractivity contribution in [2.45, 2.75) is 0 Å². The second kappa shape index (κ2) is 5.49. The summed E-state index contributed by atoms with van der Waals surface area (Å²) in [4.78, 5) is 0. The first kappa shape index (κ1) is 10.8. The maximum atomic E-state index is 6.10. The van der Waals surface area contributed by atoms with Crippen molar-refractivity contribution in [2.24, 2.45) is 0 Å². The maximum absolute atomic E-state index is 6.10. The Labute approximate surface area is 88.8 Å². The van der Waals surface area contributed by atoms with Crippen LogP contribution < -0.4 is 5.30 Å². The lowest BCUT2D eigenvalue weighted by Crippen LogP contribution is -1.93. The van der Waals surface area contributed by atoms with Crippen LogP contribution in [0.2, 0.25) is 0 Å². The van der Waals surface area contributed by atoms with Gasteiger partial charge in [0.25, 0.3) is 0 Å². The second-order valence-corrected chi connectivity index (χ2v) is 5.15. The minimum Gasteiger partial charge on any atom is -0.486 e. The van der Waals surface area contributed by atoms with E-state index in [1.807, 2.05) is 30.3 Å². The first-order chi connectivity index (χ1) is 6.24. The highest BCUT2D eigenvalue weighted by Gasteiger charge is 2.04. The first-order valence-corrected chi connectivity index (χ1v) is 6.35. The van der Waals surface area contributed by atoms with Gasteiger partial charge in [-0.1, -0.05) is 41.6 Å². The Morgan fingerprint density at radius 1 is 1.38 bits per heavy atom. The molecule has 0 saturated heterocycles. The van der Waals surface area contributed by atoms with Gasteiger partial charge in [0, 0.05) is 13.1 Å². The highest BCUT2D eigenvalue weighted by molar-refractivity contribution is 7.92. The van der Waals surface area contributed by atoms with Gasteiger partial charge in [-0.2, -0.15) is 0 Å². The lowest BCUT2D eigenvalue weighted by atomic mass is 10.4. The molecule has 0 amide bonds. The summed E-state index contributed by atoms with van der Waals surface area (Å²) in [5.41, 5.74) is 0. The third-order valence-electron chi connectivity index (χ3n) is 1.41. The van der Waals surface area contributed by atoms with Crippen molar-refractivity contribution in [1.82, 2.24) is 0 Å². The molecular weight excluding hydrogens is 226 g/mol. The summed E-state index contributed by atoms with van der Waals surface area (Å²) in [6.07, 6.45) is 0.